The fourth-order valence-electron chi connectivity index (χ4n) is 8.05. The van der Waals surface area contributed by atoms with Crippen molar-refractivity contribution in [2.24, 2.45) is 11.8 Å². The molecule has 0 unspecified atom stereocenters. The molecule has 70 heavy (non-hydrogen) atoms. The molecule has 2 N–H and O–H groups in total. The molecule has 0 aromatic heterocycles. The van der Waals surface area contributed by atoms with E-state index in [0.717, 1.165) is 47.2 Å². The maximum atomic E-state index is 13.1. The van der Waals surface area contributed by atoms with Crippen LogP contribution < -0.4 is 13.0 Å². The molecule has 0 spiro atoms. The first-order valence-corrected chi connectivity index (χ1v) is 38.0. The second-order valence-electron chi connectivity index (χ2n) is 19.2. The van der Waals surface area contributed by atoms with Gasteiger partial charge in [0.05, 0.1) is 5.48 Å². The van der Waals surface area contributed by atoms with Crippen LogP contribution in [-0.4, -0.2) is 40.8 Å². The van der Waals surface area contributed by atoms with Crippen molar-refractivity contribution in [2.75, 3.05) is 0 Å². The summed E-state index contributed by atoms with van der Waals surface area (Å²) in [4.78, 5) is 0. The Balaban J connectivity index is 0.000000363. The second kappa shape index (κ2) is 26.7. The zero-order chi connectivity index (χ0) is 60.9. The predicted octanol–water partition coefficient (Wildman–Crippen LogP) is 16.2. The van der Waals surface area contributed by atoms with Gasteiger partial charge < -0.3 is 30.2 Å². The molecule has 378 valence electrons. The van der Waals surface area contributed by atoms with Gasteiger partial charge in [-0.2, -0.15) is 28.0 Å². The average molecular weight is 1150 g/mol. The van der Waals surface area contributed by atoms with Crippen LogP contribution in [-0.2, 0) is 45.7 Å². The first-order chi connectivity index (χ1) is 36.8. The van der Waals surface area contributed by atoms with Gasteiger partial charge in [0.2, 0.25) is 16.6 Å². The van der Waals surface area contributed by atoms with Gasteiger partial charge in [-0.25, -0.2) is 0 Å². The van der Waals surface area contributed by atoms with Crippen molar-refractivity contribution in [3.63, 3.8) is 0 Å². The molecule has 4 aromatic rings. The van der Waals surface area contributed by atoms with Crippen LogP contribution in [0.4, 0.5) is 13.2 Å². The van der Waals surface area contributed by atoms with Crippen LogP contribution >= 0.6 is 13.6 Å². The normalized spacial score (nSPS) is 20.5. The molecule has 4 aromatic carbocycles. The minimum absolute atomic E-state index is 0.000329. The van der Waals surface area contributed by atoms with Crippen molar-refractivity contribution >= 4 is 40.4 Å². The number of hydrogen-bond donors (Lipinski definition) is 2. The van der Waals surface area contributed by atoms with Crippen molar-refractivity contribution in [3.8, 4) is 28.7 Å². The third kappa shape index (κ3) is 18.6. The third-order valence-corrected chi connectivity index (χ3v) is 13.8. The fraction of sp³-hybridized carbons (Fsp3) is 0.400. The number of hydrogen-bond acceptors (Lipinski definition) is 7. The molecule has 0 bridgehead atoms. The molecule has 2 aliphatic rings. The number of halogens is 4. The van der Waals surface area contributed by atoms with E-state index in [1.807, 2.05) is 108 Å². The van der Waals surface area contributed by atoms with Crippen molar-refractivity contribution in [1.82, 2.24) is 0 Å². The molecular weight excluding hydrogens is 1060 g/mol. The number of rotatable bonds is 14. The molecule has 0 amide bonds. The zero-order valence-corrected chi connectivity index (χ0v) is 48.6. The van der Waals surface area contributed by atoms with Gasteiger partial charge in [-0.1, -0.05) is 114 Å². The van der Waals surface area contributed by atoms with Gasteiger partial charge in [0.25, 0.3) is 0 Å². The summed E-state index contributed by atoms with van der Waals surface area (Å²) in [5, 5.41) is 21.6. The van der Waals surface area contributed by atoms with E-state index in [9.17, 15) is 31.8 Å². The summed E-state index contributed by atoms with van der Waals surface area (Å²) < 4.78 is 159. The molecule has 0 fully saturated rings. The SMILES string of the molecule is [2H]C([2H])=C([C@@H]1CCC(C)=C[C@H]1c1c(O)cc(CCc2ccccc2)cc1O)C([2H])([2H])[2H].[2H]C([2H])=C([C@@H]1CCC(C)=C[C@H]1c1c(O[Si](C)(C)C)cc(OS(=O)(=O)C(F)(F)F)cc1O[Si](C)(C)C)C([2H])([2H])[2H].[CH2-]Cc1ccccc1.[Zn+][Br]. The maximum absolute atomic E-state index is 13.1. The van der Waals surface area contributed by atoms with Crippen LogP contribution in [0.5, 0.6) is 28.7 Å². The summed E-state index contributed by atoms with van der Waals surface area (Å²) in [6.07, 6.45) is 7.81. The third-order valence-electron chi connectivity index (χ3n) is 11.2. The summed E-state index contributed by atoms with van der Waals surface area (Å²) in [6.45, 7) is 11.5. The van der Waals surface area contributed by atoms with E-state index in [2.05, 4.69) is 36.9 Å². The number of phenolic OH excluding ortho intramolecular Hbond substituents is 2. The van der Waals surface area contributed by atoms with Crippen molar-refractivity contribution in [2.45, 2.75) is 129 Å². The summed E-state index contributed by atoms with van der Waals surface area (Å²) >= 11 is 4.25. The van der Waals surface area contributed by atoms with Gasteiger partial charge >= 0.3 is 45.6 Å². The Labute approximate surface area is 449 Å². The zero-order valence-electron chi connectivity index (χ0n) is 51.3. The van der Waals surface area contributed by atoms with E-state index >= 15 is 0 Å². The Morgan fingerprint density at radius 3 is 1.53 bits per heavy atom. The molecule has 0 aliphatic heterocycles. The van der Waals surface area contributed by atoms with Gasteiger partial charge in [-0.3, -0.25) is 0 Å². The van der Waals surface area contributed by atoms with Crippen LogP contribution in [0.1, 0.15) is 107 Å². The Kier molecular flexibility index (Phi) is 17.5. The summed E-state index contributed by atoms with van der Waals surface area (Å²) in [5.41, 5.74) is -0.525. The van der Waals surface area contributed by atoms with Gasteiger partial charge in [-0.05, 0) is 140 Å². The Morgan fingerprint density at radius 2 is 1.16 bits per heavy atom. The standard InChI is InChI=1S/C24H28O2.C23H35F3O5SSi2.C8H9.BrH.Zn/c1-16(2)20-12-9-17(3)13-21(20)24-22(25)14-19(15-23(24)26)11-10-18-7-5-4-6-8-18;1-15(2)18-11-10-16(3)12-19(18)22-20(30-33(4,5)6)13-17(14-21(22)31-34(7,8)9)29-32(27,28)23(24,25)26;1-2-8-6-4-3-5-7-8;;/h4-8,13-15,20-21,25-26H,1,9-12H2,2-3H3;12-14,18-19H,1,10-11H2,2-9H3;3-7H,1-2H2;1H;/q;;-1;;+2/p-1/t20-,21+;18-,19+;;;/m00.../s1/i2*1D2,2D3;;;. The minimum atomic E-state index is -6.00. The molecule has 6 rings (SSSR count). The number of phenols is 2. The molecule has 0 saturated carbocycles. The van der Waals surface area contributed by atoms with E-state index in [-0.39, 0.29) is 39.7 Å². The monoisotopic (exact) mass is 1140 g/mol. The van der Waals surface area contributed by atoms with Gasteiger partial charge in [-0.15, -0.1) is 0 Å². The topological polar surface area (TPSA) is 102 Å². The van der Waals surface area contributed by atoms with Gasteiger partial charge in [0, 0.05) is 43.3 Å². The van der Waals surface area contributed by atoms with E-state index in [1.165, 1.54) is 21.9 Å². The summed E-state index contributed by atoms with van der Waals surface area (Å²) in [6, 6.07) is 25.5. The Bertz CT molecular complexity index is 2880. The predicted molar refractivity (Wildman–Crippen MR) is 286 cm³/mol. The van der Waals surface area contributed by atoms with Gasteiger partial charge in [0.15, 0.2) is 0 Å². The van der Waals surface area contributed by atoms with Crippen LogP contribution in [0, 0.1) is 18.8 Å². The molecule has 7 nitrogen and oxygen atoms in total. The number of allylic oxidation sites excluding steroid dienone is 6. The quantitative estimate of drug-likeness (QED) is 0.0426. The van der Waals surface area contributed by atoms with Crippen LogP contribution in [0.2, 0.25) is 39.3 Å². The molecule has 4 atom stereocenters. The molecule has 0 saturated heterocycles. The van der Waals surface area contributed by atoms with Crippen molar-refractivity contribution in [3.05, 3.63) is 167 Å². The van der Waals surface area contributed by atoms with Gasteiger partial charge in [0.1, 0.15) is 28.7 Å². The summed E-state index contributed by atoms with van der Waals surface area (Å²) in [7, 11) is -11.0. The number of alkyl halides is 3. The van der Waals surface area contributed by atoms with E-state index in [4.69, 9.17) is 22.6 Å². The Morgan fingerprint density at radius 1 is 0.743 bits per heavy atom. The fourth-order valence-corrected chi connectivity index (χ4v) is 10.2. The average Bonchev–Trinajstić information content (AvgIpc) is 3.31. The first-order valence-electron chi connectivity index (χ1n) is 27.8. The van der Waals surface area contributed by atoms with Crippen molar-refractivity contribution in [1.29, 1.82) is 0 Å². The van der Waals surface area contributed by atoms with E-state index in [1.54, 1.807) is 18.2 Å². The van der Waals surface area contributed by atoms with Crippen LogP contribution in [0.15, 0.2) is 132 Å². The number of benzene rings is 4. The molecular formula is C55H72BrF3O7SSi2Zn. The van der Waals surface area contributed by atoms with E-state index < -0.39 is 88.4 Å². The first kappa shape index (κ1) is 45.9. The number of aromatic hydroxyl groups is 2. The molecule has 2 aliphatic carbocycles. The molecule has 15 heteroatoms. The Hall–Kier alpha value is -3.88. The second-order valence-corrected chi connectivity index (χ2v) is 29.6. The van der Waals surface area contributed by atoms with Crippen LogP contribution in [0.3, 0.4) is 0 Å². The van der Waals surface area contributed by atoms with Crippen molar-refractivity contribution < 1.29 is 74.9 Å². The summed E-state index contributed by atoms with van der Waals surface area (Å²) in [5.74, 6) is -3.75. The molecule has 0 heterocycles. The van der Waals surface area contributed by atoms with E-state index in [0.29, 0.717) is 37.7 Å². The number of aryl methyl sites for hydroxylation is 2. The molecule has 0 radical (unpaired) electrons. The van der Waals surface area contributed by atoms with Crippen LogP contribution in [0.25, 0.3) is 0 Å².